The van der Waals surface area contributed by atoms with E-state index in [4.69, 9.17) is 5.73 Å². The molecule has 0 aliphatic rings. The van der Waals surface area contributed by atoms with Gasteiger partial charge in [0.1, 0.15) is 0 Å². The molecular weight excluding hydrogens is 194 g/mol. The summed E-state index contributed by atoms with van der Waals surface area (Å²) in [4.78, 5) is 0. The molecule has 1 aromatic rings. The van der Waals surface area contributed by atoms with Crippen molar-refractivity contribution in [2.24, 2.45) is 5.73 Å². The zero-order valence-corrected chi connectivity index (χ0v) is 10.2. The highest BCUT2D eigenvalue weighted by Gasteiger charge is 2.06. The molecule has 0 spiro atoms. The molecule has 0 radical (unpaired) electrons. The highest BCUT2D eigenvalue weighted by molar-refractivity contribution is 5.23. The van der Waals surface area contributed by atoms with Crippen molar-refractivity contribution in [3.05, 3.63) is 48.0 Å². The van der Waals surface area contributed by atoms with E-state index in [-0.39, 0.29) is 0 Å². The smallest absolute Gasteiger partial charge is 0.0107 e. The molecule has 88 valence electrons. The molecule has 1 unspecified atom stereocenters. The molecule has 1 nitrogen and oxygen atoms in total. The maximum Gasteiger partial charge on any atom is 0.0107 e. The van der Waals surface area contributed by atoms with Gasteiger partial charge in [0, 0.05) is 12.5 Å². The van der Waals surface area contributed by atoms with Crippen molar-refractivity contribution in [1.29, 1.82) is 0 Å². The summed E-state index contributed by atoms with van der Waals surface area (Å²) in [5.41, 5.74) is 6.93. The van der Waals surface area contributed by atoms with Gasteiger partial charge in [-0.25, -0.2) is 0 Å². The van der Waals surface area contributed by atoms with Crippen molar-refractivity contribution in [2.75, 3.05) is 6.54 Å². The van der Waals surface area contributed by atoms with Crippen LogP contribution in [0.5, 0.6) is 0 Å². The summed E-state index contributed by atoms with van der Waals surface area (Å²) < 4.78 is 0. The maximum absolute atomic E-state index is 5.52. The summed E-state index contributed by atoms with van der Waals surface area (Å²) in [6.07, 6.45) is 9.45. The summed E-state index contributed by atoms with van der Waals surface area (Å²) in [5.74, 6) is 0.538. The number of allylic oxidation sites excluding steroid dienone is 1. The minimum absolute atomic E-state index is 0.538. The zero-order chi connectivity index (χ0) is 11.6. The van der Waals surface area contributed by atoms with Gasteiger partial charge in [-0.2, -0.15) is 0 Å². The molecule has 1 atom stereocenters. The van der Waals surface area contributed by atoms with Gasteiger partial charge in [0.15, 0.2) is 0 Å². The SMILES string of the molecule is CCCCCC(C=CCN)c1ccccc1. The summed E-state index contributed by atoms with van der Waals surface area (Å²) >= 11 is 0. The van der Waals surface area contributed by atoms with Gasteiger partial charge in [0.25, 0.3) is 0 Å². The van der Waals surface area contributed by atoms with Crippen molar-refractivity contribution in [3.8, 4) is 0 Å². The van der Waals surface area contributed by atoms with E-state index in [1.807, 2.05) is 0 Å². The second kappa shape index (κ2) is 8.12. The fraction of sp³-hybridized carbons (Fsp3) is 0.467. The van der Waals surface area contributed by atoms with Gasteiger partial charge in [-0.15, -0.1) is 0 Å². The normalized spacial score (nSPS) is 13.1. The van der Waals surface area contributed by atoms with Crippen LogP contribution in [0.2, 0.25) is 0 Å². The third kappa shape index (κ3) is 4.63. The van der Waals surface area contributed by atoms with Crippen LogP contribution in [-0.2, 0) is 0 Å². The lowest BCUT2D eigenvalue weighted by atomic mass is 9.93. The molecule has 0 saturated carbocycles. The first-order valence-corrected chi connectivity index (χ1v) is 6.30. The summed E-state index contributed by atoms with van der Waals surface area (Å²) in [5, 5.41) is 0. The van der Waals surface area contributed by atoms with E-state index in [0.29, 0.717) is 12.5 Å². The first kappa shape index (κ1) is 13.0. The molecule has 1 aromatic carbocycles. The van der Waals surface area contributed by atoms with Gasteiger partial charge in [0.05, 0.1) is 0 Å². The first-order valence-electron chi connectivity index (χ1n) is 6.30. The minimum atomic E-state index is 0.538. The molecule has 0 amide bonds. The molecule has 0 aromatic heterocycles. The predicted molar refractivity (Wildman–Crippen MR) is 71.5 cm³/mol. The molecule has 0 saturated heterocycles. The lowest BCUT2D eigenvalue weighted by molar-refractivity contribution is 0.628. The second-order valence-corrected chi connectivity index (χ2v) is 4.18. The molecule has 0 bridgehead atoms. The fourth-order valence-electron chi connectivity index (χ4n) is 1.93. The summed E-state index contributed by atoms with van der Waals surface area (Å²) in [7, 11) is 0. The minimum Gasteiger partial charge on any atom is -0.327 e. The molecule has 0 aliphatic heterocycles. The van der Waals surface area contributed by atoms with Crippen molar-refractivity contribution in [2.45, 2.75) is 38.5 Å². The van der Waals surface area contributed by atoms with E-state index in [1.54, 1.807) is 0 Å². The Kier molecular flexibility index (Phi) is 6.59. The van der Waals surface area contributed by atoms with Gasteiger partial charge in [-0.1, -0.05) is 68.7 Å². The number of benzene rings is 1. The molecular formula is C15H23N. The number of rotatable bonds is 7. The Balaban J connectivity index is 2.60. The molecule has 0 aliphatic carbocycles. The van der Waals surface area contributed by atoms with E-state index in [0.717, 1.165) is 0 Å². The Morgan fingerprint density at radius 1 is 1.19 bits per heavy atom. The highest BCUT2D eigenvalue weighted by Crippen LogP contribution is 2.23. The summed E-state index contributed by atoms with van der Waals surface area (Å²) in [6.45, 7) is 2.88. The average molecular weight is 217 g/mol. The van der Waals surface area contributed by atoms with Crippen LogP contribution in [0, 0.1) is 0 Å². The van der Waals surface area contributed by atoms with Crippen molar-refractivity contribution >= 4 is 0 Å². The predicted octanol–water partition coefficient (Wildman–Crippen LogP) is 3.87. The lowest BCUT2D eigenvalue weighted by Gasteiger charge is -2.12. The highest BCUT2D eigenvalue weighted by atomic mass is 14.5. The van der Waals surface area contributed by atoms with Gasteiger partial charge in [-0.3, -0.25) is 0 Å². The van der Waals surface area contributed by atoms with Crippen molar-refractivity contribution in [3.63, 3.8) is 0 Å². The van der Waals surface area contributed by atoms with Crippen molar-refractivity contribution in [1.82, 2.24) is 0 Å². The molecule has 2 N–H and O–H groups in total. The Bertz CT molecular complexity index is 290. The van der Waals surface area contributed by atoms with Crippen LogP contribution >= 0.6 is 0 Å². The lowest BCUT2D eigenvalue weighted by Crippen LogP contribution is -1.98. The topological polar surface area (TPSA) is 26.0 Å². The maximum atomic E-state index is 5.52. The Hall–Kier alpha value is -1.08. The van der Waals surface area contributed by atoms with Gasteiger partial charge < -0.3 is 5.73 Å². The molecule has 1 rings (SSSR count). The molecule has 1 heteroatoms. The number of nitrogens with two attached hydrogens (primary N) is 1. The third-order valence-electron chi connectivity index (χ3n) is 2.85. The van der Waals surface area contributed by atoms with Gasteiger partial charge in [0.2, 0.25) is 0 Å². The average Bonchev–Trinajstić information content (AvgIpc) is 2.35. The van der Waals surface area contributed by atoms with E-state index >= 15 is 0 Å². The van der Waals surface area contributed by atoms with Crippen LogP contribution in [0.15, 0.2) is 42.5 Å². The zero-order valence-electron chi connectivity index (χ0n) is 10.2. The van der Waals surface area contributed by atoms with E-state index in [9.17, 15) is 0 Å². The van der Waals surface area contributed by atoms with Crippen LogP contribution in [0.3, 0.4) is 0 Å². The number of hydrogen-bond donors (Lipinski definition) is 1. The van der Waals surface area contributed by atoms with Crippen LogP contribution in [0.4, 0.5) is 0 Å². The van der Waals surface area contributed by atoms with Crippen LogP contribution < -0.4 is 5.73 Å². The second-order valence-electron chi connectivity index (χ2n) is 4.18. The Morgan fingerprint density at radius 2 is 1.94 bits per heavy atom. The van der Waals surface area contributed by atoms with Crippen LogP contribution in [-0.4, -0.2) is 6.54 Å². The molecule has 0 heterocycles. The largest absolute Gasteiger partial charge is 0.327 e. The third-order valence-corrected chi connectivity index (χ3v) is 2.85. The van der Waals surface area contributed by atoms with E-state index in [2.05, 4.69) is 49.4 Å². The van der Waals surface area contributed by atoms with E-state index in [1.165, 1.54) is 31.2 Å². The van der Waals surface area contributed by atoms with E-state index < -0.39 is 0 Å². The van der Waals surface area contributed by atoms with Crippen LogP contribution in [0.1, 0.15) is 44.1 Å². The molecule has 16 heavy (non-hydrogen) atoms. The Labute approximate surface area is 99.4 Å². The quantitative estimate of drug-likeness (QED) is 0.544. The van der Waals surface area contributed by atoms with Gasteiger partial charge in [-0.05, 0) is 12.0 Å². The fourth-order valence-corrected chi connectivity index (χ4v) is 1.93. The summed E-state index contributed by atoms with van der Waals surface area (Å²) in [6, 6.07) is 10.7. The Morgan fingerprint density at radius 3 is 2.56 bits per heavy atom. The standard InChI is InChI=1S/C15H23N/c1-2-3-5-9-15(12-8-13-16)14-10-6-4-7-11-14/h4,6-8,10-12,15H,2-3,5,9,13,16H2,1H3. The molecule has 0 fully saturated rings. The first-order chi connectivity index (χ1) is 7.88. The number of hydrogen-bond acceptors (Lipinski definition) is 1. The number of unbranched alkanes of at least 4 members (excludes halogenated alkanes) is 2. The van der Waals surface area contributed by atoms with Gasteiger partial charge >= 0.3 is 0 Å². The van der Waals surface area contributed by atoms with Crippen molar-refractivity contribution < 1.29 is 0 Å². The van der Waals surface area contributed by atoms with Crippen LogP contribution in [0.25, 0.3) is 0 Å². The monoisotopic (exact) mass is 217 g/mol.